The predicted octanol–water partition coefficient (Wildman–Crippen LogP) is 2.27. The van der Waals surface area contributed by atoms with Crippen LogP contribution in [0.25, 0.3) is 0 Å². The number of nitrogens with zero attached hydrogens (tertiary/aromatic N) is 2. The van der Waals surface area contributed by atoms with E-state index in [-0.39, 0.29) is 38.5 Å². The Hall–Kier alpha value is -1.44. The van der Waals surface area contributed by atoms with Crippen LogP contribution in [0.5, 0.6) is 0 Å². The molecule has 2 atom stereocenters. The number of alkyl halides is 2. The van der Waals surface area contributed by atoms with Crippen LogP contribution in [-0.4, -0.2) is 72.2 Å². The Kier molecular flexibility index (Phi) is 5.37. The van der Waals surface area contributed by atoms with Crippen molar-refractivity contribution in [1.82, 2.24) is 9.80 Å². The monoisotopic (exact) mass is 348 g/mol. The smallest absolute Gasteiger partial charge is 0.411 e. The minimum atomic E-state index is -2.62. The molecule has 0 aromatic rings. The van der Waals surface area contributed by atoms with Gasteiger partial charge in [0.15, 0.2) is 0 Å². The maximum absolute atomic E-state index is 13.3. The van der Waals surface area contributed by atoms with Gasteiger partial charge in [-0.25, -0.2) is 18.4 Å². The molecule has 1 unspecified atom stereocenters. The second kappa shape index (κ2) is 6.82. The van der Waals surface area contributed by atoms with Crippen LogP contribution in [0.4, 0.5) is 13.6 Å². The molecule has 0 aromatic carbocycles. The maximum Gasteiger partial charge on any atom is 0.411 e. The van der Waals surface area contributed by atoms with Crippen molar-refractivity contribution in [1.29, 1.82) is 0 Å². The quantitative estimate of drug-likeness (QED) is 0.717. The van der Waals surface area contributed by atoms with Crippen LogP contribution in [-0.2, 0) is 14.3 Å². The van der Waals surface area contributed by atoms with Gasteiger partial charge >= 0.3 is 12.1 Å². The Bertz CT molecular complexity index is 483. The number of ether oxygens (including phenoxy) is 2. The summed E-state index contributed by atoms with van der Waals surface area (Å²) >= 11 is 0. The van der Waals surface area contributed by atoms with Crippen molar-refractivity contribution < 1.29 is 27.8 Å². The lowest BCUT2D eigenvalue weighted by molar-refractivity contribution is -0.145. The van der Waals surface area contributed by atoms with Gasteiger partial charge in [0, 0.05) is 38.5 Å². The number of carbonyl (C=O) groups excluding carboxylic acids is 2. The highest BCUT2D eigenvalue weighted by molar-refractivity contribution is 5.82. The average Bonchev–Trinajstić information content (AvgIpc) is 2.90. The van der Waals surface area contributed by atoms with E-state index in [1.807, 2.05) is 4.90 Å². The second-order valence-electron chi connectivity index (χ2n) is 7.45. The summed E-state index contributed by atoms with van der Waals surface area (Å²) < 4.78 is 36.8. The molecular formula is C16H26F2N2O4. The summed E-state index contributed by atoms with van der Waals surface area (Å²) in [7, 11) is 1.27. The van der Waals surface area contributed by atoms with Crippen LogP contribution < -0.4 is 0 Å². The van der Waals surface area contributed by atoms with Crippen molar-refractivity contribution in [3.8, 4) is 0 Å². The number of rotatable bonds is 2. The van der Waals surface area contributed by atoms with Crippen LogP contribution in [0.1, 0.15) is 40.0 Å². The van der Waals surface area contributed by atoms with E-state index < -0.39 is 29.6 Å². The van der Waals surface area contributed by atoms with Gasteiger partial charge in [0.2, 0.25) is 0 Å². The van der Waals surface area contributed by atoms with E-state index in [9.17, 15) is 18.4 Å². The number of amides is 1. The van der Waals surface area contributed by atoms with Gasteiger partial charge in [-0.3, -0.25) is 9.80 Å². The van der Waals surface area contributed by atoms with E-state index in [4.69, 9.17) is 9.47 Å². The molecule has 8 heteroatoms. The predicted molar refractivity (Wildman–Crippen MR) is 82.9 cm³/mol. The Morgan fingerprint density at radius 1 is 1.17 bits per heavy atom. The number of halogens is 2. The Labute approximate surface area is 141 Å². The van der Waals surface area contributed by atoms with Gasteiger partial charge in [0.1, 0.15) is 11.6 Å². The lowest BCUT2D eigenvalue weighted by Gasteiger charge is -2.35. The normalized spacial score (nSPS) is 27.8. The fourth-order valence-electron chi connectivity index (χ4n) is 3.18. The van der Waals surface area contributed by atoms with Crippen LogP contribution >= 0.6 is 0 Å². The first-order valence-electron chi connectivity index (χ1n) is 8.22. The van der Waals surface area contributed by atoms with Crippen LogP contribution in [0.2, 0.25) is 0 Å². The molecular weight excluding hydrogens is 322 g/mol. The lowest BCUT2D eigenvalue weighted by Crippen LogP contribution is -2.47. The average molecular weight is 348 g/mol. The molecule has 2 rings (SSSR count). The highest BCUT2D eigenvalue weighted by Crippen LogP contribution is 2.32. The molecule has 24 heavy (non-hydrogen) atoms. The lowest BCUT2D eigenvalue weighted by atomic mass is 10.0. The Balaban J connectivity index is 2.07. The summed E-state index contributed by atoms with van der Waals surface area (Å²) in [5.41, 5.74) is -0.678. The summed E-state index contributed by atoms with van der Waals surface area (Å²) in [5.74, 6) is -3.13. The molecule has 0 N–H and O–H groups in total. The summed E-state index contributed by atoms with van der Waals surface area (Å²) in [4.78, 5) is 27.7. The molecule has 1 amide bonds. The molecule has 2 fully saturated rings. The van der Waals surface area contributed by atoms with Gasteiger partial charge in [0.05, 0.1) is 7.11 Å². The Morgan fingerprint density at radius 3 is 2.25 bits per heavy atom. The van der Waals surface area contributed by atoms with E-state index in [1.54, 1.807) is 20.8 Å². The molecule has 2 aliphatic heterocycles. The van der Waals surface area contributed by atoms with E-state index in [1.165, 1.54) is 12.0 Å². The first kappa shape index (κ1) is 18.9. The van der Waals surface area contributed by atoms with Crippen LogP contribution in [0.3, 0.4) is 0 Å². The topological polar surface area (TPSA) is 59.1 Å². The van der Waals surface area contributed by atoms with Gasteiger partial charge in [-0.2, -0.15) is 0 Å². The van der Waals surface area contributed by atoms with Crippen LogP contribution in [0, 0.1) is 0 Å². The van der Waals surface area contributed by atoms with Crippen molar-refractivity contribution in [2.45, 2.75) is 63.6 Å². The van der Waals surface area contributed by atoms with E-state index in [0.29, 0.717) is 6.42 Å². The van der Waals surface area contributed by atoms with Crippen molar-refractivity contribution in [3.63, 3.8) is 0 Å². The fourth-order valence-corrected chi connectivity index (χ4v) is 3.18. The third-order valence-electron chi connectivity index (χ3n) is 4.43. The molecule has 2 heterocycles. The maximum atomic E-state index is 13.3. The van der Waals surface area contributed by atoms with Gasteiger partial charge in [-0.15, -0.1) is 0 Å². The largest absolute Gasteiger partial charge is 0.467 e. The number of carbonyl (C=O) groups is 2. The molecule has 2 saturated heterocycles. The van der Waals surface area contributed by atoms with Crippen molar-refractivity contribution in [2.24, 2.45) is 0 Å². The summed E-state index contributed by atoms with van der Waals surface area (Å²) in [6.45, 7) is 6.04. The summed E-state index contributed by atoms with van der Waals surface area (Å²) in [6, 6.07) is -0.880. The molecule has 0 spiro atoms. The van der Waals surface area contributed by atoms with Gasteiger partial charge in [-0.05, 0) is 27.2 Å². The van der Waals surface area contributed by atoms with E-state index in [0.717, 1.165) is 0 Å². The highest BCUT2D eigenvalue weighted by Gasteiger charge is 2.46. The zero-order valence-electron chi connectivity index (χ0n) is 14.7. The first-order valence-corrected chi connectivity index (χ1v) is 8.22. The van der Waals surface area contributed by atoms with E-state index >= 15 is 0 Å². The zero-order chi connectivity index (χ0) is 18.1. The first-order chi connectivity index (χ1) is 11.0. The highest BCUT2D eigenvalue weighted by atomic mass is 19.3. The zero-order valence-corrected chi connectivity index (χ0v) is 14.7. The van der Waals surface area contributed by atoms with Gasteiger partial charge in [-0.1, -0.05) is 0 Å². The molecule has 2 aliphatic rings. The Morgan fingerprint density at radius 2 is 1.75 bits per heavy atom. The molecule has 0 aromatic heterocycles. The third kappa shape index (κ3) is 4.55. The van der Waals surface area contributed by atoms with Crippen molar-refractivity contribution in [2.75, 3.05) is 26.7 Å². The number of methoxy groups -OCH3 is 1. The number of piperidine rings is 1. The number of likely N-dealkylation sites (tertiary alicyclic amines) is 2. The van der Waals surface area contributed by atoms with Crippen LogP contribution in [0.15, 0.2) is 0 Å². The van der Waals surface area contributed by atoms with E-state index in [2.05, 4.69) is 0 Å². The van der Waals surface area contributed by atoms with Crippen molar-refractivity contribution >= 4 is 12.1 Å². The molecule has 0 radical (unpaired) electrons. The minimum absolute atomic E-state index is 0.141. The summed E-state index contributed by atoms with van der Waals surface area (Å²) in [6.07, 6.45) is -0.600. The number of esters is 1. The second-order valence-corrected chi connectivity index (χ2v) is 7.45. The molecule has 0 bridgehead atoms. The molecule has 6 nitrogen and oxygen atoms in total. The molecule has 0 saturated carbocycles. The standard InChI is InChI=1S/C16H26F2N2O4/c1-15(2,3)24-14(22)20-10-11(9-12(20)13(21)23-4)19-7-5-16(17,18)6-8-19/h11-12H,5-10H2,1-4H3/t11?,12-/m0/s1. The number of hydrogen-bond acceptors (Lipinski definition) is 5. The molecule has 0 aliphatic carbocycles. The SMILES string of the molecule is COC(=O)[C@@H]1CC(N2CCC(F)(F)CC2)CN1C(=O)OC(C)(C)C. The minimum Gasteiger partial charge on any atom is -0.467 e. The van der Waals surface area contributed by atoms with Crippen molar-refractivity contribution in [3.05, 3.63) is 0 Å². The summed E-state index contributed by atoms with van der Waals surface area (Å²) in [5, 5.41) is 0. The van der Waals surface area contributed by atoms with Gasteiger partial charge < -0.3 is 9.47 Å². The molecule has 138 valence electrons. The fraction of sp³-hybridized carbons (Fsp3) is 0.875. The third-order valence-corrected chi connectivity index (χ3v) is 4.43. The van der Waals surface area contributed by atoms with Gasteiger partial charge in [0.25, 0.3) is 5.92 Å². The number of hydrogen-bond donors (Lipinski definition) is 0.